The Morgan fingerprint density at radius 3 is 2.52 bits per heavy atom. The molecule has 0 aromatic heterocycles. The van der Waals surface area contributed by atoms with Gasteiger partial charge in [-0.15, -0.1) is 0 Å². The first-order valence-corrected chi connectivity index (χ1v) is 11.9. The topological polar surface area (TPSA) is 95.6 Å². The normalized spacial score (nSPS) is 14.4. The third kappa shape index (κ3) is 5.51. The number of nitrogens with one attached hydrogen (secondary N) is 2. The number of nitrogens with zero attached hydrogens (tertiary/aromatic N) is 1. The van der Waals surface area contributed by atoms with Crippen molar-refractivity contribution in [2.45, 2.75) is 51.5 Å². The lowest BCUT2D eigenvalue weighted by Crippen LogP contribution is -2.44. The van der Waals surface area contributed by atoms with Crippen LogP contribution in [0, 0.1) is 12.8 Å². The zero-order chi connectivity index (χ0) is 22.8. The molecular formula is C23H29N3O4S. The van der Waals surface area contributed by atoms with E-state index in [0.717, 1.165) is 16.8 Å². The fourth-order valence-corrected chi connectivity index (χ4v) is 5.02. The maximum absolute atomic E-state index is 13.1. The van der Waals surface area contributed by atoms with Crippen molar-refractivity contribution in [3.05, 3.63) is 53.6 Å². The maximum atomic E-state index is 13.1. The number of benzene rings is 2. The second-order valence-electron chi connectivity index (χ2n) is 8.37. The van der Waals surface area contributed by atoms with E-state index in [1.807, 2.05) is 39.0 Å². The first-order valence-electron chi connectivity index (χ1n) is 10.4. The van der Waals surface area contributed by atoms with Gasteiger partial charge < -0.3 is 10.2 Å². The summed E-state index contributed by atoms with van der Waals surface area (Å²) < 4.78 is 28.7. The number of hydrogen-bond acceptors (Lipinski definition) is 4. The van der Waals surface area contributed by atoms with Gasteiger partial charge in [0.15, 0.2) is 0 Å². The summed E-state index contributed by atoms with van der Waals surface area (Å²) in [6.45, 7) is 7.83. The van der Waals surface area contributed by atoms with Crippen molar-refractivity contribution in [3.8, 4) is 0 Å². The van der Waals surface area contributed by atoms with E-state index >= 15 is 0 Å². The molecule has 0 saturated heterocycles. The number of aryl methyl sites for hydroxylation is 1. The average molecular weight is 444 g/mol. The zero-order valence-corrected chi connectivity index (χ0v) is 19.1. The summed E-state index contributed by atoms with van der Waals surface area (Å²) >= 11 is 0. The number of hydrogen-bond donors (Lipinski definition) is 2. The summed E-state index contributed by atoms with van der Waals surface area (Å²) in [5, 5.41) is 2.81. The Balaban J connectivity index is 1.82. The third-order valence-corrected chi connectivity index (χ3v) is 6.71. The summed E-state index contributed by atoms with van der Waals surface area (Å²) in [5.41, 5.74) is 3.17. The van der Waals surface area contributed by atoms with Crippen molar-refractivity contribution in [3.63, 3.8) is 0 Å². The van der Waals surface area contributed by atoms with E-state index in [2.05, 4.69) is 10.0 Å². The van der Waals surface area contributed by atoms with Gasteiger partial charge in [-0.25, -0.2) is 8.42 Å². The second-order valence-corrected chi connectivity index (χ2v) is 10.1. The van der Waals surface area contributed by atoms with E-state index in [1.165, 1.54) is 13.0 Å². The number of rotatable bonds is 7. The fraction of sp³-hybridized carbons (Fsp3) is 0.391. The van der Waals surface area contributed by atoms with E-state index < -0.39 is 22.0 Å². The summed E-state index contributed by atoms with van der Waals surface area (Å²) in [5.74, 6) is -0.357. The number of carbonyl (C=O) groups is 2. The van der Waals surface area contributed by atoms with Gasteiger partial charge in [0.1, 0.15) is 6.04 Å². The van der Waals surface area contributed by atoms with Gasteiger partial charge in [-0.05, 0) is 67.1 Å². The molecule has 1 aliphatic heterocycles. The Labute approximate surface area is 183 Å². The summed E-state index contributed by atoms with van der Waals surface area (Å²) in [6.07, 6.45) is 0.960. The quantitative estimate of drug-likeness (QED) is 0.687. The van der Waals surface area contributed by atoms with Crippen LogP contribution in [0.3, 0.4) is 0 Å². The first-order chi connectivity index (χ1) is 14.6. The standard InChI is InChI=1S/C23H29N3O4S/c1-15(2)12-21(23(28)24-19-7-5-6-16(3)13-19)25-31(29,30)20-8-9-22-18(14-20)10-11-26(22)17(4)27/h5-9,13-15,21,25H,10-12H2,1-4H3,(H,24,28)/t21-/m1/s1. The molecule has 3 rings (SSSR count). The number of anilines is 2. The molecular weight excluding hydrogens is 414 g/mol. The van der Waals surface area contributed by atoms with E-state index in [9.17, 15) is 18.0 Å². The molecule has 0 aliphatic carbocycles. The summed E-state index contributed by atoms with van der Waals surface area (Å²) in [7, 11) is -3.92. The van der Waals surface area contributed by atoms with Crippen LogP contribution in [0.25, 0.3) is 0 Å². The van der Waals surface area contributed by atoms with Crippen LogP contribution >= 0.6 is 0 Å². The van der Waals surface area contributed by atoms with E-state index in [1.54, 1.807) is 23.1 Å². The Bertz CT molecular complexity index is 1100. The van der Waals surface area contributed by atoms with Gasteiger partial charge in [0, 0.05) is 24.8 Å². The highest BCUT2D eigenvalue weighted by Gasteiger charge is 2.29. The molecule has 1 atom stereocenters. The summed E-state index contributed by atoms with van der Waals surface area (Å²) in [6, 6.07) is 11.2. The lowest BCUT2D eigenvalue weighted by atomic mass is 10.0. The van der Waals surface area contributed by atoms with Crippen molar-refractivity contribution >= 4 is 33.2 Å². The predicted molar refractivity (Wildman–Crippen MR) is 122 cm³/mol. The Morgan fingerprint density at radius 1 is 1.13 bits per heavy atom. The highest BCUT2D eigenvalue weighted by Crippen LogP contribution is 2.30. The monoisotopic (exact) mass is 443 g/mol. The Hall–Kier alpha value is -2.71. The van der Waals surface area contributed by atoms with Gasteiger partial charge in [0.2, 0.25) is 21.8 Å². The zero-order valence-electron chi connectivity index (χ0n) is 18.3. The largest absolute Gasteiger partial charge is 0.325 e. The molecule has 2 aromatic rings. The van der Waals surface area contributed by atoms with Crippen LogP contribution in [0.1, 0.15) is 38.3 Å². The first kappa shape index (κ1) is 23.0. The van der Waals surface area contributed by atoms with Gasteiger partial charge in [0.25, 0.3) is 0 Å². The van der Waals surface area contributed by atoms with Crippen molar-refractivity contribution in [2.24, 2.45) is 5.92 Å². The number of carbonyl (C=O) groups excluding carboxylic acids is 2. The van der Waals surface area contributed by atoms with Crippen LogP contribution in [-0.4, -0.2) is 32.8 Å². The van der Waals surface area contributed by atoms with Gasteiger partial charge in [-0.3, -0.25) is 9.59 Å². The van der Waals surface area contributed by atoms with E-state index in [-0.39, 0.29) is 16.7 Å². The lowest BCUT2D eigenvalue weighted by molar-refractivity contribution is -0.118. The minimum atomic E-state index is -3.92. The molecule has 2 amide bonds. The highest BCUT2D eigenvalue weighted by molar-refractivity contribution is 7.89. The van der Waals surface area contributed by atoms with Gasteiger partial charge in [-0.2, -0.15) is 4.72 Å². The number of sulfonamides is 1. The Kier molecular flexibility index (Phi) is 6.81. The molecule has 166 valence electrons. The predicted octanol–water partition coefficient (Wildman–Crippen LogP) is 3.24. The SMILES string of the molecule is CC(=O)N1CCc2cc(S(=O)(=O)N[C@H](CC(C)C)C(=O)Nc3cccc(C)c3)ccc21. The van der Waals surface area contributed by atoms with Crippen LogP contribution in [0.4, 0.5) is 11.4 Å². The molecule has 2 aromatic carbocycles. The molecule has 0 saturated carbocycles. The molecule has 0 unspecified atom stereocenters. The molecule has 0 spiro atoms. The molecule has 0 radical (unpaired) electrons. The van der Waals surface area contributed by atoms with Crippen LogP contribution in [0.2, 0.25) is 0 Å². The number of amides is 2. The smallest absolute Gasteiger partial charge is 0.242 e. The van der Waals surface area contributed by atoms with Gasteiger partial charge in [-0.1, -0.05) is 26.0 Å². The molecule has 0 fully saturated rings. The minimum absolute atomic E-state index is 0.0719. The van der Waals surface area contributed by atoms with Gasteiger partial charge in [0.05, 0.1) is 4.90 Å². The van der Waals surface area contributed by atoms with Crippen molar-refractivity contribution in [2.75, 3.05) is 16.8 Å². The maximum Gasteiger partial charge on any atom is 0.242 e. The van der Waals surface area contributed by atoms with Crippen molar-refractivity contribution in [1.82, 2.24) is 4.72 Å². The average Bonchev–Trinajstić information content (AvgIpc) is 3.10. The molecule has 0 bridgehead atoms. The van der Waals surface area contributed by atoms with Crippen molar-refractivity contribution < 1.29 is 18.0 Å². The van der Waals surface area contributed by atoms with Crippen LogP contribution in [-0.2, 0) is 26.0 Å². The summed E-state index contributed by atoms with van der Waals surface area (Å²) in [4.78, 5) is 26.4. The van der Waals surface area contributed by atoms with Gasteiger partial charge >= 0.3 is 0 Å². The molecule has 7 nitrogen and oxygen atoms in total. The fourth-order valence-electron chi connectivity index (χ4n) is 3.76. The molecule has 8 heteroatoms. The van der Waals surface area contributed by atoms with E-state index in [0.29, 0.717) is 25.1 Å². The lowest BCUT2D eigenvalue weighted by Gasteiger charge is -2.21. The third-order valence-electron chi connectivity index (χ3n) is 5.24. The van der Waals surface area contributed by atoms with E-state index in [4.69, 9.17) is 0 Å². The molecule has 31 heavy (non-hydrogen) atoms. The van der Waals surface area contributed by atoms with Crippen LogP contribution in [0.5, 0.6) is 0 Å². The number of fused-ring (bicyclic) bond motifs is 1. The second kappa shape index (κ2) is 9.20. The highest BCUT2D eigenvalue weighted by atomic mass is 32.2. The van der Waals surface area contributed by atoms with Crippen LogP contribution < -0.4 is 14.9 Å². The Morgan fingerprint density at radius 2 is 1.87 bits per heavy atom. The molecule has 2 N–H and O–H groups in total. The minimum Gasteiger partial charge on any atom is -0.325 e. The van der Waals surface area contributed by atoms with Crippen molar-refractivity contribution in [1.29, 1.82) is 0 Å². The molecule has 1 aliphatic rings. The van der Waals surface area contributed by atoms with Crippen LogP contribution in [0.15, 0.2) is 47.4 Å². The molecule has 1 heterocycles.